The number of nitrogens with one attached hydrogen (secondary N) is 2. The number of aromatic amines is 2. The van der Waals surface area contributed by atoms with Crippen LogP contribution in [0.1, 0.15) is 0 Å². The summed E-state index contributed by atoms with van der Waals surface area (Å²) in [6.07, 6.45) is 0. The normalized spacial score (nSPS) is 10.8. The molecule has 0 fully saturated rings. The van der Waals surface area contributed by atoms with Gasteiger partial charge < -0.3 is 4.98 Å². The van der Waals surface area contributed by atoms with Crippen molar-refractivity contribution in [3.05, 3.63) is 40.7 Å². The van der Waals surface area contributed by atoms with Gasteiger partial charge in [-0.1, -0.05) is 0 Å². The Bertz CT molecular complexity index is 686. The molecule has 6 nitrogen and oxygen atoms in total. The van der Waals surface area contributed by atoms with E-state index in [2.05, 4.69) is 25.6 Å². The highest BCUT2D eigenvalue weighted by Crippen LogP contribution is 2.18. The van der Waals surface area contributed by atoms with Crippen molar-refractivity contribution >= 4 is 10.9 Å². The van der Waals surface area contributed by atoms with Gasteiger partial charge in [-0.3, -0.25) is 4.79 Å². The number of nitrogens with zero attached hydrogens (tertiary/aromatic N) is 3. The van der Waals surface area contributed by atoms with Crippen molar-refractivity contribution in [2.75, 3.05) is 0 Å². The lowest BCUT2D eigenvalue weighted by Gasteiger charge is -1.98. The third-order valence-corrected chi connectivity index (χ3v) is 2.33. The van der Waals surface area contributed by atoms with E-state index in [9.17, 15) is 4.79 Å². The van der Waals surface area contributed by atoms with Gasteiger partial charge in [0, 0.05) is 17.1 Å². The molecule has 2 N–H and O–H groups in total. The van der Waals surface area contributed by atoms with Crippen molar-refractivity contribution in [1.82, 2.24) is 25.6 Å². The van der Waals surface area contributed by atoms with E-state index in [0.717, 1.165) is 16.5 Å². The maximum absolute atomic E-state index is 11.1. The van der Waals surface area contributed by atoms with Crippen LogP contribution in [0.5, 0.6) is 0 Å². The Balaban J connectivity index is 2.24. The van der Waals surface area contributed by atoms with E-state index in [1.807, 2.05) is 18.2 Å². The molecule has 2 aromatic heterocycles. The molecule has 0 aliphatic heterocycles. The van der Waals surface area contributed by atoms with Gasteiger partial charge >= 0.3 is 0 Å². The molecule has 6 heteroatoms. The van der Waals surface area contributed by atoms with E-state index in [4.69, 9.17) is 0 Å². The van der Waals surface area contributed by atoms with Crippen molar-refractivity contribution < 1.29 is 0 Å². The lowest BCUT2D eigenvalue weighted by molar-refractivity contribution is 0.881. The van der Waals surface area contributed by atoms with Crippen LogP contribution in [0.2, 0.25) is 0 Å². The zero-order chi connectivity index (χ0) is 11.0. The van der Waals surface area contributed by atoms with E-state index in [1.165, 1.54) is 6.07 Å². The van der Waals surface area contributed by atoms with Gasteiger partial charge in [-0.25, -0.2) is 0 Å². The summed E-state index contributed by atoms with van der Waals surface area (Å²) in [4.78, 5) is 13.8. The zero-order valence-corrected chi connectivity index (χ0v) is 8.14. The summed E-state index contributed by atoms with van der Waals surface area (Å²) >= 11 is 0. The Kier molecular flexibility index (Phi) is 1.79. The molecule has 0 bridgehead atoms. The monoisotopic (exact) mass is 213 g/mol. The van der Waals surface area contributed by atoms with Gasteiger partial charge in [0.2, 0.25) is 11.4 Å². The first-order chi connectivity index (χ1) is 7.83. The average molecular weight is 213 g/mol. The molecule has 2 heterocycles. The summed E-state index contributed by atoms with van der Waals surface area (Å²) in [6.45, 7) is 0. The van der Waals surface area contributed by atoms with Crippen molar-refractivity contribution in [1.29, 1.82) is 0 Å². The van der Waals surface area contributed by atoms with Crippen LogP contribution >= 0.6 is 0 Å². The summed E-state index contributed by atoms with van der Waals surface area (Å²) in [5, 5.41) is 14.6. The van der Waals surface area contributed by atoms with Crippen molar-refractivity contribution in [2.45, 2.75) is 0 Å². The molecular weight excluding hydrogens is 206 g/mol. The molecule has 0 radical (unpaired) electrons. The number of aromatic nitrogens is 5. The molecule has 0 amide bonds. The van der Waals surface area contributed by atoms with Crippen LogP contribution in [0, 0.1) is 0 Å². The van der Waals surface area contributed by atoms with Gasteiger partial charge in [-0.15, -0.1) is 10.2 Å². The number of pyridine rings is 1. The molecule has 78 valence electrons. The fourth-order valence-electron chi connectivity index (χ4n) is 1.58. The van der Waals surface area contributed by atoms with Crippen LogP contribution in [-0.2, 0) is 0 Å². The summed E-state index contributed by atoms with van der Waals surface area (Å²) in [5.74, 6) is 0.535. The van der Waals surface area contributed by atoms with Gasteiger partial charge in [0.1, 0.15) is 0 Å². The van der Waals surface area contributed by atoms with E-state index in [1.54, 1.807) is 6.07 Å². The first kappa shape index (κ1) is 8.78. The van der Waals surface area contributed by atoms with Crippen LogP contribution in [0.15, 0.2) is 35.1 Å². The maximum atomic E-state index is 11.1. The van der Waals surface area contributed by atoms with E-state index in [0.29, 0.717) is 5.82 Å². The molecule has 3 rings (SSSR count). The fourth-order valence-corrected chi connectivity index (χ4v) is 1.58. The number of tetrazole rings is 1. The van der Waals surface area contributed by atoms with Crippen LogP contribution < -0.4 is 5.56 Å². The molecular formula is C10H7N5O. The number of H-pyrrole nitrogens is 2. The number of fused-ring (bicyclic) bond motifs is 1. The summed E-state index contributed by atoms with van der Waals surface area (Å²) in [5.41, 5.74) is 1.54. The van der Waals surface area contributed by atoms with E-state index in [-0.39, 0.29) is 5.56 Å². The predicted molar refractivity (Wildman–Crippen MR) is 57.7 cm³/mol. The van der Waals surface area contributed by atoms with Gasteiger partial charge in [-0.2, -0.15) is 5.21 Å². The summed E-state index contributed by atoms with van der Waals surface area (Å²) in [7, 11) is 0. The van der Waals surface area contributed by atoms with Gasteiger partial charge in [0.15, 0.2) is 0 Å². The number of benzene rings is 1. The molecule has 0 saturated heterocycles. The highest BCUT2D eigenvalue weighted by Gasteiger charge is 2.03. The van der Waals surface area contributed by atoms with Gasteiger partial charge in [-0.05, 0) is 34.9 Å². The minimum Gasteiger partial charge on any atom is -0.322 e. The molecule has 16 heavy (non-hydrogen) atoms. The Morgan fingerprint density at radius 3 is 2.88 bits per heavy atom. The lowest BCUT2D eigenvalue weighted by Crippen LogP contribution is -2.02. The van der Waals surface area contributed by atoms with Crippen molar-refractivity contribution in [2.24, 2.45) is 0 Å². The van der Waals surface area contributed by atoms with E-state index < -0.39 is 0 Å². The van der Waals surface area contributed by atoms with Crippen molar-refractivity contribution in [3.63, 3.8) is 0 Å². The largest absolute Gasteiger partial charge is 0.322 e. The van der Waals surface area contributed by atoms with Crippen LogP contribution in [0.3, 0.4) is 0 Å². The lowest BCUT2D eigenvalue weighted by atomic mass is 10.1. The van der Waals surface area contributed by atoms with E-state index >= 15 is 0 Å². The Hall–Kier alpha value is -2.50. The fraction of sp³-hybridized carbons (Fsp3) is 0. The molecule has 0 spiro atoms. The molecule has 0 saturated carbocycles. The molecule has 0 aliphatic rings. The molecule has 0 aliphatic carbocycles. The second-order valence-electron chi connectivity index (χ2n) is 3.36. The van der Waals surface area contributed by atoms with Crippen LogP contribution in [-0.4, -0.2) is 25.6 Å². The Morgan fingerprint density at radius 1 is 1.12 bits per heavy atom. The number of hydrogen-bond acceptors (Lipinski definition) is 4. The summed E-state index contributed by atoms with van der Waals surface area (Å²) in [6, 6.07) is 8.81. The first-order valence-corrected chi connectivity index (χ1v) is 4.70. The van der Waals surface area contributed by atoms with Gasteiger partial charge in [0.25, 0.3) is 0 Å². The third-order valence-electron chi connectivity index (χ3n) is 2.33. The molecule has 3 aromatic rings. The maximum Gasteiger partial charge on any atom is 0.248 e. The average Bonchev–Trinajstić information content (AvgIpc) is 2.82. The third kappa shape index (κ3) is 1.36. The molecule has 0 unspecified atom stereocenters. The summed E-state index contributed by atoms with van der Waals surface area (Å²) < 4.78 is 0. The topological polar surface area (TPSA) is 87.3 Å². The second-order valence-corrected chi connectivity index (χ2v) is 3.36. The zero-order valence-electron chi connectivity index (χ0n) is 8.14. The smallest absolute Gasteiger partial charge is 0.248 e. The highest BCUT2D eigenvalue weighted by molar-refractivity contribution is 5.82. The number of hydrogen-bond donors (Lipinski definition) is 2. The molecule has 1 aromatic carbocycles. The minimum absolute atomic E-state index is 0.111. The first-order valence-electron chi connectivity index (χ1n) is 4.70. The van der Waals surface area contributed by atoms with Crippen LogP contribution in [0.25, 0.3) is 22.3 Å². The standard InChI is InChI=1S/C10H7N5O/c16-9-4-2-6-5-7(1-3-8(6)11-9)10-12-14-15-13-10/h1-5H,(H,11,16)(H,12,13,14,15). The Labute approximate surface area is 89.3 Å². The number of rotatable bonds is 1. The molecule has 0 atom stereocenters. The van der Waals surface area contributed by atoms with Crippen LogP contribution in [0.4, 0.5) is 0 Å². The van der Waals surface area contributed by atoms with Crippen molar-refractivity contribution in [3.8, 4) is 11.4 Å². The minimum atomic E-state index is -0.111. The highest BCUT2D eigenvalue weighted by atomic mass is 16.1. The van der Waals surface area contributed by atoms with Gasteiger partial charge in [0.05, 0.1) is 0 Å². The SMILES string of the molecule is O=c1ccc2cc(-c3nn[nH]n3)ccc2[nH]1. The Morgan fingerprint density at radius 2 is 2.06 bits per heavy atom. The predicted octanol–water partition coefficient (Wildman–Crippen LogP) is 0.708. The second kappa shape index (κ2) is 3.27. The quantitative estimate of drug-likeness (QED) is 0.623.